The average molecular weight is 387 g/mol. The number of benzene rings is 1. The van der Waals surface area contributed by atoms with Crippen LogP contribution in [-0.4, -0.2) is 65.8 Å². The number of piperidine rings is 1. The molecule has 0 atom stereocenters. The highest BCUT2D eigenvalue weighted by Gasteiger charge is 2.47. The third-order valence-corrected chi connectivity index (χ3v) is 5.68. The lowest BCUT2D eigenvalue weighted by molar-refractivity contribution is -0.141. The number of hydrogen-bond donors (Lipinski definition) is 1. The molecule has 2 aliphatic heterocycles. The molecule has 0 unspecified atom stereocenters. The van der Waals surface area contributed by atoms with Crippen molar-refractivity contribution in [3.8, 4) is 0 Å². The first-order valence-corrected chi connectivity index (χ1v) is 9.35. The molecule has 1 fully saturated rings. The summed E-state index contributed by atoms with van der Waals surface area (Å²) in [5, 5.41) is 2.57. The van der Waals surface area contributed by atoms with Gasteiger partial charge in [0.2, 0.25) is 11.8 Å². The van der Waals surface area contributed by atoms with Gasteiger partial charge in [-0.3, -0.25) is 19.2 Å². The molecular weight excluding hydrogens is 362 g/mol. The number of nitrogens with one attached hydrogen (secondary N) is 1. The number of nitrogens with zero attached hydrogens (tertiary/aromatic N) is 2. The summed E-state index contributed by atoms with van der Waals surface area (Å²) >= 11 is 0. The molecule has 1 aromatic carbocycles. The molecule has 0 aliphatic carbocycles. The van der Waals surface area contributed by atoms with Crippen molar-refractivity contribution in [3.05, 3.63) is 35.4 Å². The summed E-state index contributed by atoms with van der Waals surface area (Å²) in [5.74, 6) is -0.948. The first-order chi connectivity index (χ1) is 13.4. The van der Waals surface area contributed by atoms with E-state index in [2.05, 4.69) is 10.1 Å². The van der Waals surface area contributed by atoms with Crippen molar-refractivity contribution in [1.82, 2.24) is 15.1 Å². The van der Waals surface area contributed by atoms with Crippen molar-refractivity contribution in [2.75, 3.05) is 26.7 Å². The Kier molecular flexibility index (Phi) is 5.67. The summed E-state index contributed by atoms with van der Waals surface area (Å²) in [6, 6.07) is 7.44. The standard InChI is InChI=1S/C20H25N3O5/c1-14(24)22-9-7-20(8-10-22,11-17(25)21-12-18(26)28-2)23-13-15-5-3-4-6-16(15)19(23)27/h3-6H,7-13H2,1-2H3,(H,21,25). The Hall–Kier alpha value is -2.90. The monoisotopic (exact) mass is 387 g/mol. The number of fused-ring (bicyclic) bond motifs is 1. The van der Waals surface area contributed by atoms with E-state index in [0.717, 1.165) is 5.56 Å². The summed E-state index contributed by atoms with van der Waals surface area (Å²) in [4.78, 5) is 52.1. The molecule has 1 saturated heterocycles. The molecule has 3 amide bonds. The van der Waals surface area contributed by atoms with E-state index in [9.17, 15) is 19.2 Å². The molecule has 150 valence electrons. The first kappa shape index (κ1) is 19.9. The minimum Gasteiger partial charge on any atom is -0.468 e. The molecule has 8 nitrogen and oxygen atoms in total. The maximum absolute atomic E-state index is 13.1. The lowest BCUT2D eigenvalue weighted by Crippen LogP contribution is -2.58. The van der Waals surface area contributed by atoms with Crippen molar-refractivity contribution in [1.29, 1.82) is 0 Å². The Labute approximate surface area is 163 Å². The van der Waals surface area contributed by atoms with Gasteiger partial charge in [0.15, 0.2) is 0 Å². The van der Waals surface area contributed by atoms with Crippen LogP contribution in [0.15, 0.2) is 24.3 Å². The minimum atomic E-state index is -0.692. The number of methoxy groups -OCH3 is 1. The van der Waals surface area contributed by atoms with E-state index in [4.69, 9.17) is 0 Å². The van der Waals surface area contributed by atoms with Crippen LogP contribution >= 0.6 is 0 Å². The predicted octanol–water partition coefficient (Wildman–Crippen LogP) is 0.703. The number of amides is 3. The van der Waals surface area contributed by atoms with Gasteiger partial charge in [0.05, 0.1) is 19.1 Å². The number of rotatable bonds is 5. The van der Waals surface area contributed by atoms with Crippen molar-refractivity contribution in [2.45, 2.75) is 38.3 Å². The van der Waals surface area contributed by atoms with Crippen LogP contribution in [0.2, 0.25) is 0 Å². The topological polar surface area (TPSA) is 96.0 Å². The largest absolute Gasteiger partial charge is 0.468 e. The molecular formula is C20H25N3O5. The van der Waals surface area contributed by atoms with Crippen LogP contribution in [0.1, 0.15) is 42.1 Å². The number of hydrogen-bond acceptors (Lipinski definition) is 5. The predicted molar refractivity (Wildman–Crippen MR) is 100 cm³/mol. The SMILES string of the molecule is COC(=O)CNC(=O)CC1(N2Cc3ccccc3C2=O)CCN(C(C)=O)CC1. The van der Waals surface area contributed by atoms with Crippen LogP contribution in [0.4, 0.5) is 0 Å². The minimum absolute atomic E-state index is 0.0141. The number of carbonyl (C=O) groups excluding carboxylic acids is 4. The third-order valence-electron chi connectivity index (χ3n) is 5.68. The maximum Gasteiger partial charge on any atom is 0.325 e. The second-order valence-corrected chi connectivity index (χ2v) is 7.31. The smallest absolute Gasteiger partial charge is 0.325 e. The van der Waals surface area contributed by atoms with Crippen LogP contribution in [0.5, 0.6) is 0 Å². The Morgan fingerprint density at radius 3 is 2.46 bits per heavy atom. The van der Waals surface area contributed by atoms with Gasteiger partial charge in [-0.05, 0) is 24.5 Å². The summed E-state index contributed by atoms with van der Waals surface area (Å²) in [6.07, 6.45) is 1.10. The Bertz CT molecular complexity index is 799. The lowest BCUT2D eigenvalue weighted by atomic mass is 9.82. The summed E-state index contributed by atoms with van der Waals surface area (Å²) in [7, 11) is 1.26. The van der Waals surface area contributed by atoms with E-state index >= 15 is 0 Å². The van der Waals surface area contributed by atoms with Crippen molar-refractivity contribution in [3.63, 3.8) is 0 Å². The quantitative estimate of drug-likeness (QED) is 0.751. The highest BCUT2D eigenvalue weighted by atomic mass is 16.5. The molecule has 2 heterocycles. The fourth-order valence-electron chi connectivity index (χ4n) is 4.02. The molecule has 0 bridgehead atoms. The molecule has 1 aromatic rings. The third kappa shape index (κ3) is 3.85. The van der Waals surface area contributed by atoms with E-state index in [1.165, 1.54) is 14.0 Å². The number of ether oxygens (including phenoxy) is 1. The molecule has 0 aromatic heterocycles. The fourth-order valence-corrected chi connectivity index (χ4v) is 4.02. The molecule has 2 aliphatic rings. The Morgan fingerprint density at radius 1 is 1.18 bits per heavy atom. The summed E-state index contributed by atoms with van der Waals surface area (Å²) < 4.78 is 4.55. The van der Waals surface area contributed by atoms with Gasteiger partial charge >= 0.3 is 5.97 Å². The van der Waals surface area contributed by atoms with E-state index in [1.807, 2.05) is 18.2 Å². The number of carbonyl (C=O) groups is 4. The van der Waals surface area contributed by atoms with Crippen LogP contribution in [0.3, 0.4) is 0 Å². The molecule has 0 radical (unpaired) electrons. The molecule has 3 rings (SSSR count). The van der Waals surface area contributed by atoms with Crippen molar-refractivity contribution in [2.24, 2.45) is 0 Å². The Morgan fingerprint density at radius 2 is 1.86 bits per heavy atom. The number of likely N-dealkylation sites (tertiary alicyclic amines) is 1. The molecule has 28 heavy (non-hydrogen) atoms. The zero-order valence-electron chi connectivity index (χ0n) is 16.2. The highest BCUT2D eigenvalue weighted by Crippen LogP contribution is 2.38. The molecule has 0 saturated carbocycles. The molecule has 0 spiro atoms. The van der Waals surface area contributed by atoms with Crippen LogP contribution < -0.4 is 5.32 Å². The first-order valence-electron chi connectivity index (χ1n) is 9.35. The van der Waals surface area contributed by atoms with E-state index in [0.29, 0.717) is 38.0 Å². The van der Waals surface area contributed by atoms with Crippen LogP contribution in [-0.2, 0) is 25.7 Å². The van der Waals surface area contributed by atoms with Crippen molar-refractivity contribution >= 4 is 23.7 Å². The van der Waals surface area contributed by atoms with E-state index in [1.54, 1.807) is 15.9 Å². The second kappa shape index (κ2) is 8.00. The van der Waals surface area contributed by atoms with Gasteiger partial charge in [0, 0.05) is 32.1 Å². The van der Waals surface area contributed by atoms with Gasteiger partial charge in [-0.15, -0.1) is 0 Å². The van der Waals surface area contributed by atoms with Crippen LogP contribution in [0.25, 0.3) is 0 Å². The van der Waals surface area contributed by atoms with Gasteiger partial charge in [0.1, 0.15) is 6.54 Å². The summed E-state index contributed by atoms with van der Waals surface area (Å²) in [5.41, 5.74) is 0.907. The second-order valence-electron chi connectivity index (χ2n) is 7.31. The number of esters is 1. The van der Waals surface area contributed by atoms with Crippen molar-refractivity contribution < 1.29 is 23.9 Å². The van der Waals surface area contributed by atoms with Gasteiger partial charge in [-0.25, -0.2) is 0 Å². The van der Waals surface area contributed by atoms with Gasteiger partial charge < -0.3 is 19.9 Å². The lowest BCUT2D eigenvalue weighted by Gasteiger charge is -2.47. The zero-order chi connectivity index (χ0) is 20.3. The summed E-state index contributed by atoms with van der Waals surface area (Å²) in [6.45, 7) is 2.73. The van der Waals surface area contributed by atoms with Gasteiger partial charge in [0.25, 0.3) is 5.91 Å². The zero-order valence-corrected chi connectivity index (χ0v) is 16.2. The molecule has 8 heteroatoms. The normalized spacial score (nSPS) is 17.9. The highest BCUT2D eigenvalue weighted by molar-refractivity contribution is 5.99. The van der Waals surface area contributed by atoms with E-state index in [-0.39, 0.29) is 30.7 Å². The maximum atomic E-state index is 13.1. The Balaban J connectivity index is 1.80. The van der Waals surface area contributed by atoms with Gasteiger partial charge in [-0.1, -0.05) is 18.2 Å². The van der Waals surface area contributed by atoms with E-state index < -0.39 is 11.5 Å². The molecule has 1 N–H and O–H groups in total. The van der Waals surface area contributed by atoms with Gasteiger partial charge in [-0.2, -0.15) is 0 Å². The average Bonchev–Trinajstić information content (AvgIpc) is 3.04. The van der Waals surface area contributed by atoms with Crippen LogP contribution in [0, 0.1) is 0 Å². The fraction of sp³-hybridized carbons (Fsp3) is 0.500.